The highest BCUT2D eigenvalue weighted by Gasteiger charge is 2.10. The van der Waals surface area contributed by atoms with Crippen LogP contribution in [0.25, 0.3) is 0 Å². The first kappa shape index (κ1) is 13.0. The molecule has 0 atom stereocenters. The number of carbonyl (C=O) groups is 1. The van der Waals surface area contributed by atoms with Crippen LogP contribution in [0, 0.1) is 11.3 Å². The van der Waals surface area contributed by atoms with Crippen LogP contribution in [-0.2, 0) is 4.79 Å². The van der Waals surface area contributed by atoms with Gasteiger partial charge < -0.3 is 10.2 Å². The molecule has 0 heterocycles. The lowest BCUT2D eigenvalue weighted by Crippen LogP contribution is -2.37. The molecule has 0 unspecified atom stereocenters. The molecular formula is C13H17N3O. The number of hydrogen-bond acceptors (Lipinski definition) is 3. The maximum absolute atomic E-state index is 11.7. The van der Waals surface area contributed by atoms with Crippen molar-refractivity contribution in [3.8, 4) is 6.07 Å². The fourth-order valence-corrected chi connectivity index (χ4v) is 1.25. The maximum atomic E-state index is 11.7. The quantitative estimate of drug-likeness (QED) is 0.860. The summed E-state index contributed by atoms with van der Waals surface area (Å²) in [5.74, 6) is 0.0457. The summed E-state index contributed by atoms with van der Waals surface area (Å²) in [5.41, 5.74) is 1.45. The third-order valence-corrected chi connectivity index (χ3v) is 2.63. The third-order valence-electron chi connectivity index (χ3n) is 2.63. The largest absolute Gasteiger partial charge is 0.376 e. The minimum atomic E-state index is 0.0457. The van der Waals surface area contributed by atoms with Gasteiger partial charge in [-0.3, -0.25) is 4.79 Å². The van der Waals surface area contributed by atoms with E-state index in [0.29, 0.717) is 5.56 Å². The van der Waals surface area contributed by atoms with E-state index in [2.05, 4.69) is 5.32 Å². The highest BCUT2D eigenvalue weighted by molar-refractivity contribution is 5.80. The zero-order valence-corrected chi connectivity index (χ0v) is 10.4. The first-order chi connectivity index (χ1) is 8.04. The zero-order chi connectivity index (χ0) is 12.8. The number of nitriles is 1. The molecule has 17 heavy (non-hydrogen) atoms. The molecule has 1 aromatic rings. The predicted octanol–water partition coefficient (Wildman–Crippen LogP) is 1.84. The van der Waals surface area contributed by atoms with Crippen molar-refractivity contribution < 1.29 is 4.79 Å². The Balaban J connectivity index is 2.50. The standard InChI is InChI=1S/C13H17N3O/c1-10(2)16(3)13(17)9-15-12-6-4-11(8-14)5-7-12/h4-7,10,15H,9H2,1-3H3. The van der Waals surface area contributed by atoms with Gasteiger partial charge in [-0.15, -0.1) is 0 Å². The van der Waals surface area contributed by atoms with Crippen molar-refractivity contribution >= 4 is 11.6 Å². The first-order valence-electron chi connectivity index (χ1n) is 5.54. The van der Waals surface area contributed by atoms with Crippen LogP contribution >= 0.6 is 0 Å². The fourth-order valence-electron chi connectivity index (χ4n) is 1.25. The second kappa shape index (κ2) is 5.90. The number of benzene rings is 1. The summed E-state index contributed by atoms with van der Waals surface area (Å²) in [5, 5.41) is 11.7. The molecule has 1 aromatic carbocycles. The van der Waals surface area contributed by atoms with Crippen LogP contribution in [0.15, 0.2) is 24.3 Å². The molecule has 0 aliphatic rings. The second-order valence-corrected chi connectivity index (χ2v) is 4.14. The molecule has 4 nitrogen and oxygen atoms in total. The fraction of sp³-hybridized carbons (Fsp3) is 0.385. The Labute approximate surface area is 102 Å². The van der Waals surface area contributed by atoms with Crippen molar-refractivity contribution in [2.75, 3.05) is 18.9 Å². The minimum absolute atomic E-state index is 0.0457. The zero-order valence-electron chi connectivity index (χ0n) is 10.4. The van der Waals surface area contributed by atoms with Gasteiger partial charge in [0.05, 0.1) is 18.2 Å². The molecule has 0 aromatic heterocycles. The maximum Gasteiger partial charge on any atom is 0.241 e. The number of anilines is 1. The van der Waals surface area contributed by atoms with Crippen LogP contribution in [-0.4, -0.2) is 30.4 Å². The average Bonchev–Trinajstić information content (AvgIpc) is 2.35. The molecule has 0 saturated heterocycles. The van der Waals surface area contributed by atoms with Gasteiger partial charge in [-0.1, -0.05) is 0 Å². The molecule has 4 heteroatoms. The Kier molecular flexibility index (Phi) is 4.53. The Bertz CT molecular complexity index is 417. The summed E-state index contributed by atoms with van der Waals surface area (Å²) in [7, 11) is 1.79. The molecule has 0 aliphatic heterocycles. The SMILES string of the molecule is CC(C)N(C)C(=O)CNc1ccc(C#N)cc1. The van der Waals surface area contributed by atoms with Gasteiger partial charge in [0.1, 0.15) is 0 Å². The minimum Gasteiger partial charge on any atom is -0.376 e. The number of hydrogen-bond donors (Lipinski definition) is 1. The normalized spacial score (nSPS) is 9.82. The van der Waals surface area contributed by atoms with Crippen molar-refractivity contribution in [2.45, 2.75) is 19.9 Å². The summed E-state index contributed by atoms with van der Waals surface area (Å²) in [6.07, 6.45) is 0. The number of nitrogens with one attached hydrogen (secondary N) is 1. The summed E-state index contributed by atoms with van der Waals surface area (Å²) >= 11 is 0. The van der Waals surface area contributed by atoms with E-state index in [-0.39, 0.29) is 18.5 Å². The summed E-state index contributed by atoms with van der Waals surface area (Å²) in [4.78, 5) is 13.4. The monoisotopic (exact) mass is 231 g/mol. The lowest BCUT2D eigenvalue weighted by molar-refractivity contribution is -0.129. The summed E-state index contributed by atoms with van der Waals surface area (Å²) in [6.45, 7) is 4.21. The molecule has 0 spiro atoms. The third kappa shape index (κ3) is 3.80. The van der Waals surface area contributed by atoms with Gasteiger partial charge in [0.2, 0.25) is 5.91 Å². The molecular weight excluding hydrogens is 214 g/mol. The van der Waals surface area contributed by atoms with Crippen molar-refractivity contribution in [1.82, 2.24) is 4.90 Å². The van der Waals surface area contributed by atoms with Gasteiger partial charge in [-0.05, 0) is 38.1 Å². The molecule has 1 amide bonds. The summed E-state index contributed by atoms with van der Waals surface area (Å²) < 4.78 is 0. The van der Waals surface area contributed by atoms with E-state index in [1.807, 2.05) is 19.9 Å². The van der Waals surface area contributed by atoms with E-state index in [4.69, 9.17) is 5.26 Å². The summed E-state index contributed by atoms with van der Waals surface area (Å²) in [6, 6.07) is 9.28. The van der Waals surface area contributed by atoms with E-state index in [1.54, 1.807) is 36.2 Å². The molecule has 0 fully saturated rings. The molecule has 0 radical (unpaired) electrons. The molecule has 1 rings (SSSR count). The van der Waals surface area contributed by atoms with E-state index in [1.165, 1.54) is 0 Å². The molecule has 90 valence electrons. The van der Waals surface area contributed by atoms with Crippen LogP contribution in [0.1, 0.15) is 19.4 Å². The van der Waals surface area contributed by atoms with E-state index < -0.39 is 0 Å². The van der Waals surface area contributed by atoms with Gasteiger partial charge in [-0.25, -0.2) is 0 Å². The number of amides is 1. The van der Waals surface area contributed by atoms with Crippen molar-refractivity contribution in [2.24, 2.45) is 0 Å². The van der Waals surface area contributed by atoms with Gasteiger partial charge >= 0.3 is 0 Å². The number of rotatable bonds is 4. The Morgan fingerprint density at radius 3 is 2.47 bits per heavy atom. The Morgan fingerprint density at radius 2 is 2.00 bits per heavy atom. The van der Waals surface area contributed by atoms with E-state index in [0.717, 1.165) is 5.69 Å². The smallest absolute Gasteiger partial charge is 0.241 e. The van der Waals surface area contributed by atoms with Gasteiger partial charge in [-0.2, -0.15) is 5.26 Å². The lowest BCUT2D eigenvalue weighted by Gasteiger charge is -2.21. The predicted molar refractivity (Wildman–Crippen MR) is 67.6 cm³/mol. The van der Waals surface area contributed by atoms with Crippen molar-refractivity contribution in [1.29, 1.82) is 5.26 Å². The number of nitrogens with zero attached hydrogens (tertiary/aromatic N) is 2. The van der Waals surface area contributed by atoms with Crippen LogP contribution in [0.2, 0.25) is 0 Å². The molecule has 1 N–H and O–H groups in total. The van der Waals surface area contributed by atoms with Crippen LogP contribution in [0.4, 0.5) is 5.69 Å². The lowest BCUT2D eigenvalue weighted by atomic mass is 10.2. The second-order valence-electron chi connectivity index (χ2n) is 4.14. The highest BCUT2D eigenvalue weighted by atomic mass is 16.2. The van der Waals surface area contributed by atoms with Gasteiger partial charge in [0.15, 0.2) is 0 Å². The molecule has 0 saturated carbocycles. The number of carbonyl (C=O) groups excluding carboxylic acids is 1. The van der Waals surface area contributed by atoms with E-state index >= 15 is 0 Å². The van der Waals surface area contributed by atoms with Gasteiger partial charge in [0.25, 0.3) is 0 Å². The van der Waals surface area contributed by atoms with E-state index in [9.17, 15) is 4.79 Å². The average molecular weight is 231 g/mol. The van der Waals surface area contributed by atoms with Crippen molar-refractivity contribution in [3.63, 3.8) is 0 Å². The number of likely N-dealkylation sites (N-methyl/N-ethyl adjacent to an activating group) is 1. The van der Waals surface area contributed by atoms with Crippen LogP contribution in [0.3, 0.4) is 0 Å². The first-order valence-corrected chi connectivity index (χ1v) is 5.54. The van der Waals surface area contributed by atoms with Crippen LogP contribution < -0.4 is 5.32 Å². The topological polar surface area (TPSA) is 56.1 Å². The molecule has 0 aliphatic carbocycles. The highest BCUT2D eigenvalue weighted by Crippen LogP contribution is 2.08. The Morgan fingerprint density at radius 1 is 1.41 bits per heavy atom. The van der Waals surface area contributed by atoms with Crippen LogP contribution in [0.5, 0.6) is 0 Å². The van der Waals surface area contributed by atoms with Gasteiger partial charge in [0, 0.05) is 18.8 Å². The molecule has 0 bridgehead atoms. The van der Waals surface area contributed by atoms with Crippen molar-refractivity contribution in [3.05, 3.63) is 29.8 Å². The Hall–Kier alpha value is -2.02.